The van der Waals surface area contributed by atoms with E-state index in [0.717, 1.165) is 5.56 Å². The van der Waals surface area contributed by atoms with Crippen LogP contribution in [0.4, 0.5) is 0 Å². The number of thiocarbonyl (C=S) groups is 1. The molecule has 0 spiro atoms. The van der Waals surface area contributed by atoms with Crippen molar-refractivity contribution in [3.05, 3.63) is 64.3 Å². The lowest BCUT2D eigenvalue weighted by Gasteiger charge is -2.10. The molecule has 2 N–H and O–H groups in total. The first kappa shape index (κ1) is 16.8. The standard InChI is InChI=1S/C17H13Cl2N3OS/c1-23-16-14(17(20)24)21-22(13-5-3-2-4-12(13)19)15(16)10-6-8-11(18)9-7-10/h2-9H,1H3,(H2,20,24). The van der Waals surface area contributed by atoms with E-state index < -0.39 is 0 Å². The summed E-state index contributed by atoms with van der Waals surface area (Å²) < 4.78 is 7.22. The largest absolute Gasteiger partial charge is 0.492 e. The third kappa shape index (κ3) is 2.98. The van der Waals surface area contributed by atoms with Gasteiger partial charge < -0.3 is 10.5 Å². The quantitative estimate of drug-likeness (QED) is 0.680. The number of halogens is 2. The maximum Gasteiger partial charge on any atom is 0.175 e. The SMILES string of the molecule is COc1c(C(N)=S)nn(-c2ccccc2Cl)c1-c1ccc(Cl)cc1. The van der Waals surface area contributed by atoms with Gasteiger partial charge in [-0.15, -0.1) is 0 Å². The predicted octanol–water partition coefficient (Wildman–Crippen LogP) is 4.49. The number of ether oxygens (including phenoxy) is 1. The van der Waals surface area contributed by atoms with Crippen molar-refractivity contribution in [1.82, 2.24) is 9.78 Å². The maximum atomic E-state index is 6.34. The molecular weight excluding hydrogens is 365 g/mol. The van der Waals surface area contributed by atoms with Crippen LogP contribution in [0.3, 0.4) is 0 Å². The molecule has 0 aliphatic heterocycles. The molecule has 3 aromatic rings. The molecule has 0 fully saturated rings. The second kappa shape index (κ2) is 6.81. The zero-order valence-electron chi connectivity index (χ0n) is 12.7. The van der Waals surface area contributed by atoms with Crippen molar-refractivity contribution in [3.63, 3.8) is 0 Å². The molecule has 24 heavy (non-hydrogen) atoms. The van der Waals surface area contributed by atoms with E-state index in [1.165, 1.54) is 0 Å². The molecule has 0 aliphatic carbocycles. The summed E-state index contributed by atoms with van der Waals surface area (Å²) in [5.41, 5.74) is 8.46. The van der Waals surface area contributed by atoms with Crippen LogP contribution in [-0.4, -0.2) is 21.9 Å². The van der Waals surface area contributed by atoms with Crippen LogP contribution >= 0.6 is 35.4 Å². The van der Waals surface area contributed by atoms with Crippen LogP contribution in [0.2, 0.25) is 10.0 Å². The number of nitrogens with zero attached hydrogens (tertiary/aromatic N) is 2. The Morgan fingerprint density at radius 3 is 2.38 bits per heavy atom. The summed E-state index contributed by atoms with van der Waals surface area (Å²) in [7, 11) is 1.55. The highest BCUT2D eigenvalue weighted by Crippen LogP contribution is 2.37. The average molecular weight is 378 g/mol. The summed E-state index contributed by atoms with van der Waals surface area (Å²) in [6, 6.07) is 14.7. The zero-order valence-corrected chi connectivity index (χ0v) is 15.0. The molecule has 1 aromatic heterocycles. The van der Waals surface area contributed by atoms with Crippen LogP contribution in [0.1, 0.15) is 5.69 Å². The van der Waals surface area contributed by atoms with Crippen LogP contribution in [0.15, 0.2) is 48.5 Å². The molecule has 1 heterocycles. The number of benzene rings is 2. The Bertz CT molecular complexity index is 907. The smallest absolute Gasteiger partial charge is 0.175 e. The molecular formula is C17H13Cl2N3OS. The van der Waals surface area contributed by atoms with Gasteiger partial charge in [0.05, 0.1) is 17.8 Å². The van der Waals surface area contributed by atoms with Crippen LogP contribution in [0.5, 0.6) is 5.75 Å². The molecule has 0 saturated carbocycles. The summed E-state index contributed by atoms with van der Waals surface area (Å²) in [6.45, 7) is 0. The van der Waals surface area contributed by atoms with Gasteiger partial charge in [-0.1, -0.05) is 59.7 Å². The summed E-state index contributed by atoms with van der Waals surface area (Å²) >= 11 is 17.4. The molecule has 0 aliphatic rings. The number of aromatic nitrogens is 2. The Morgan fingerprint density at radius 2 is 1.79 bits per heavy atom. The summed E-state index contributed by atoms with van der Waals surface area (Å²) in [4.78, 5) is 0.146. The van der Waals surface area contributed by atoms with Crippen LogP contribution in [-0.2, 0) is 0 Å². The normalized spacial score (nSPS) is 10.6. The van der Waals surface area contributed by atoms with E-state index >= 15 is 0 Å². The van der Waals surface area contributed by atoms with Gasteiger partial charge in [-0.2, -0.15) is 5.10 Å². The highest BCUT2D eigenvalue weighted by Gasteiger charge is 2.23. The summed E-state index contributed by atoms with van der Waals surface area (Å²) in [5.74, 6) is 0.491. The molecule has 0 amide bonds. The lowest BCUT2D eigenvalue weighted by molar-refractivity contribution is 0.415. The van der Waals surface area contributed by atoms with Gasteiger partial charge >= 0.3 is 0 Å². The molecule has 122 valence electrons. The van der Waals surface area contributed by atoms with Crippen molar-refractivity contribution in [3.8, 4) is 22.7 Å². The number of hydrogen-bond donors (Lipinski definition) is 1. The van der Waals surface area contributed by atoms with E-state index in [4.69, 9.17) is 45.9 Å². The Balaban J connectivity index is 2.34. The third-order valence-electron chi connectivity index (χ3n) is 3.48. The monoisotopic (exact) mass is 377 g/mol. The maximum absolute atomic E-state index is 6.34. The highest BCUT2D eigenvalue weighted by atomic mass is 35.5. The molecule has 0 atom stereocenters. The van der Waals surface area contributed by atoms with E-state index in [-0.39, 0.29) is 4.99 Å². The van der Waals surface area contributed by atoms with Crippen molar-refractivity contribution < 1.29 is 4.74 Å². The first-order chi connectivity index (χ1) is 11.5. The minimum absolute atomic E-state index is 0.146. The van der Waals surface area contributed by atoms with E-state index in [9.17, 15) is 0 Å². The van der Waals surface area contributed by atoms with Crippen molar-refractivity contribution >= 4 is 40.4 Å². The van der Waals surface area contributed by atoms with Crippen molar-refractivity contribution in [1.29, 1.82) is 0 Å². The molecule has 0 bridgehead atoms. The number of methoxy groups -OCH3 is 1. The van der Waals surface area contributed by atoms with Gasteiger partial charge in [0.1, 0.15) is 10.7 Å². The number of para-hydroxylation sites is 1. The highest BCUT2D eigenvalue weighted by molar-refractivity contribution is 7.80. The van der Waals surface area contributed by atoms with Crippen molar-refractivity contribution in [2.45, 2.75) is 0 Å². The molecule has 0 radical (unpaired) electrons. The second-order valence-corrected chi connectivity index (χ2v) is 6.25. The number of hydrogen-bond acceptors (Lipinski definition) is 3. The van der Waals surface area contributed by atoms with Crippen molar-refractivity contribution in [2.24, 2.45) is 5.73 Å². The Hall–Kier alpha value is -2.08. The van der Waals surface area contributed by atoms with Gasteiger partial charge in [0.2, 0.25) is 0 Å². The molecule has 0 unspecified atom stereocenters. The second-order valence-electron chi connectivity index (χ2n) is 4.96. The van der Waals surface area contributed by atoms with Gasteiger partial charge in [0.15, 0.2) is 11.4 Å². The molecule has 2 aromatic carbocycles. The van der Waals surface area contributed by atoms with Gasteiger partial charge in [0.25, 0.3) is 0 Å². The van der Waals surface area contributed by atoms with Crippen LogP contribution in [0, 0.1) is 0 Å². The Labute approximate surface area is 154 Å². The topological polar surface area (TPSA) is 53.1 Å². The Kier molecular flexibility index (Phi) is 4.76. The number of rotatable bonds is 4. The van der Waals surface area contributed by atoms with Crippen molar-refractivity contribution in [2.75, 3.05) is 7.11 Å². The molecule has 3 rings (SSSR count). The first-order valence-corrected chi connectivity index (χ1v) is 8.17. The van der Waals surface area contributed by atoms with Gasteiger partial charge in [0, 0.05) is 10.6 Å². The fourth-order valence-corrected chi connectivity index (χ4v) is 2.89. The Morgan fingerprint density at radius 1 is 1.12 bits per heavy atom. The van der Waals surface area contributed by atoms with Crippen LogP contribution in [0.25, 0.3) is 16.9 Å². The van der Waals surface area contributed by atoms with E-state index in [0.29, 0.717) is 32.9 Å². The fourth-order valence-electron chi connectivity index (χ4n) is 2.42. The third-order valence-corrected chi connectivity index (χ3v) is 4.24. The molecule has 0 saturated heterocycles. The lowest BCUT2D eigenvalue weighted by atomic mass is 10.1. The lowest BCUT2D eigenvalue weighted by Crippen LogP contribution is -2.12. The van der Waals surface area contributed by atoms with E-state index in [1.54, 1.807) is 30.0 Å². The van der Waals surface area contributed by atoms with E-state index in [2.05, 4.69) is 5.10 Å². The fraction of sp³-hybridized carbons (Fsp3) is 0.0588. The minimum Gasteiger partial charge on any atom is -0.492 e. The van der Waals surface area contributed by atoms with Crippen LogP contribution < -0.4 is 10.5 Å². The first-order valence-electron chi connectivity index (χ1n) is 7.00. The minimum atomic E-state index is 0.146. The molecule has 4 nitrogen and oxygen atoms in total. The van der Waals surface area contributed by atoms with Gasteiger partial charge in [-0.05, 0) is 24.3 Å². The average Bonchev–Trinajstić information content (AvgIpc) is 2.95. The van der Waals surface area contributed by atoms with Gasteiger partial charge in [-0.25, -0.2) is 4.68 Å². The zero-order chi connectivity index (χ0) is 17.3. The van der Waals surface area contributed by atoms with E-state index in [1.807, 2.05) is 30.3 Å². The summed E-state index contributed by atoms with van der Waals surface area (Å²) in [6.07, 6.45) is 0. The summed E-state index contributed by atoms with van der Waals surface area (Å²) in [5, 5.41) is 5.70. The predicted molar refractivity (Wildman–Crippen MR) is 101 cm³/mol. The molecule has 7 heteroatoms. The van der Waals surface area contributed by atoms with Gasteiger partial charge in [-0.3, -0.25) is 0 Å². The number of nitrogens with two attached hydrogens (primary N) is 1.